The lowest BCUT2D eigenvalue weighted by molar-refractivity contribution is -0.127. The van der Waals surface area contributed by atoms with Crippen molar-refractivity contribution in [3.63, 3.8) is 0 Å². The number of fused-ring (bicyclic) bond motifs is 3. The first-order valence-electron chi connectivity index (χ1n) is 10.4. The quantitative estimate of drug-likeness (QED) is 0.882. The average Bonchev–Trinajstić information content (AvgIpc) is 2.88. The van der Waals surface area contributed by atoms with Crippen molar-refractivity contribution < 1.29 is 4.79 Å². The largest absolute Gasteiger partial charge is 0.355 e. The first-order chi connectivity index (χ1) is 12.3. The molecule has 0 aromatic heterocycles. The van der Waals surface area contributed by atoms with Crippen LogP contribution in [0.4, 0.5) is 0 Å². The van der Waals surface area contributed by atoms with Gasteiger partial charge in [-0.1, -0.05) is 31.2 Å². The van der Waals surface area contributed by atoms with Crippen molar-refractivity contribution in [2.75, 3.05) is 13.1 Å². The summed E-state index contributed by atoms with van der Waals surface area (Å²) < 4.78 is 0. The van der Waals surface area contributed by atoms with Crippen LogP contribution >= 0.6 is 0 Å². The second kappa shape index (κ2) is 7.49. The van der Waals surface area contributed by atoms with Crippen LogP contribution in [0.15, 0.2) is 24.3 Å². The zero-order valence-electron chi connectivity index (χ0n) is 15.5. The molecule has 2 fully saturated rings. The van der Waals surface area contributed by atoms with Crippen molar-refractivity contribution in [2.45, 2.75) is 76.3 Å². The molecule has 2 bridgehead atoms. The zero-order valence-corrected chi connectivity index (χ0v) is 15.5. The Labute approximate surface area is 152 Å². The molecule has 3 heteroatoms. The fourth-order valence-corrected chi connectivity index (χ4v) is 5.55. The number of nitrogens with one attached hydrogen (secondary N) is 1. The molecule has 136 valence electrons. The number of hydrogen-bond acceptors (Lipinski definition) is 2. The van der Waals surface area contributed by atoms with Gasteiger partial charge in [0.15, 0.2) is 0 Å². The Hall–Kier alpha value is -1.35. The van der Waals surface area contributed by atoms with Crippen molar-refractivity contribution in [3.8, 4) is 0 Å². The van der Waals surface area contributed by atoms with Gasteiger partial charge in [-0.15, -0.1) is 0 Å². The summed E-state index contributed by atoms with van der Waals surface area (Å²) in [5.41, 5.74) is 2.95. The molecule has 0 radical (unpaired) electrons. The van der Waals surface area contributed by atoms with Crippen molar-refractivity contribution in [1.82, 2.24) is 10.2 Å². The van der Waals surface area contributed by atoms with E-state index in [9.17, 15) is 4.79 Å². The lowest BCUT2D eigenvalue weighted by atomic mass is 9.82. The van der Waals surface area contributed by atoms with Crippen LogP contribution in [-0.4, -0.2) is 36.0 Å². The molecule has 1 aromatic rings. The van der Waals surface area contributed by atoms with Gasteiger partial charge in [-0.25, -0.2) is 0 Å². The van der Waals surface area contributed by atoms with Crippen molar-refractivity contribution in [3.05, 3.63) is 35.4 Å². The van der Waals surface area contributed by atoms with Crippen LogP contribution in [0.2, 0.25) is 0 Å². The Balaban J connectivity index is 1.33. The summed E-state index contributed by atoms with van der Waals surface area (Å²) in [7, 11) is 0. The van der Waals surface area contributed by atoms with Crippen LogP contribution in [0.3, 0.4) is 0 Å². The van der Waals surface area contributed by atoms with Gasteiger partial charge in [0.25, 0.3) is 0 Å². The number of piperidine rings is 1. The van der Waals surface area contributed by atoms with Gasteiger partial charge >= 0.3 is 0 Å². The molecule has 0 unspecified atom stereocenters. The number of carbonyl (C=O) groups excluding carboxylic acids is 1. The summed E-state index contributed by atoms with van der Waals surface area (Å²) in [5.74, 6) is 1.06. The van der Waals surface area contributed by atoms with Crippen LogP contribution in [0.5, 0.6) is 0 Å². The number of carbonyl (C=O) groups is 1. The molecule has 0 saturated carbocycles. The molecule has 1 N–H and O–H groups in total. The van der Waals surface area contributed by atoms with Gasteiger partial charge in [-0.3, -0.25) is 9.69 Å². The van der Waals surface area contributed by atoms with Crippen LogP contribution in [0, 0.1) is 5.92 Å². The molecular weight excluding hydrogens is 308 g/mol. The number of aryl methyl sites for hydroxylation is 1. The van der Waals surface area contributed by atoms with E-state index in [-0.39, 0.29) is 5.92 Å². The third kappa shape index (κ3) is 3.48. The first kappa shape index (κ1) is 17.1. The molecule has 2 heterocycles. The number of rotatable bonds is 5. The van der Waals surface area contributed by atoms with Gasteiger partial charge in [0, 0.05) is 30.5 Å². The maximum absolute atomic E-state index is 12.8. The van der Waals surface area contributed by atoms with Crippen LogP contribution < -0.4 is 5.32 Å². The summed E-state index contributed by atoms with van der Waals surface area (Å²) in [4.78, 5) is 15.5. The van der Waals surface area contributed by atoms with Crippen molar-refractivity contribution >= 4 is 5.91 Å². The fourth-order valence-electron chi connectivity index (χ4n) is 5.55. The van der Waals surface area contributed by atoms with Crippen LogP contribution in [0.1, 0.15) is 68.9 Å². The monoisotopic (exact) mass is 340 g/mol. The van der Waals surface area contributed by atoms with E-state index in [0.29, 0.717) is 23.9 Å². The summed E-state index contributed by atoms with van der Waals surface area (Å²) in [6, 6.07) is 10.1. The van der Waals surface area contributed by atoms with E-state index in [1.165, 1.54) is 56.2 Å². The van der Waals surface area contributed by atoms with E-state index < -0.39 is 0 Å². The fraction of sp³-hybridized carbons (Fsp3) is 0.682. The molecule has 1 aromatic carbocycles. The Bertz CT molecular complexity index is 600. The number of amides is 1. The standard InChI is InChI=1S/C22H32N2O/c1-2-12-24-19-10-11-20(24)14-18(13-19)22(25)23-15-17-8-5-7-16-6-3-4-9-21(16)17/h3-4,6,9,17-20H,2,5,7-8,10-15H2,1H3,(H,23,25)/t17-,19+,20+/m1/s1. The number of nitrogens with zero attached hydrogens (tertiary/aromatic N) is 1. The first-order valence-corrected chi connectivity index (χ1v) is 10.4. The summed E-state index contributed by atoms with van der Waals surface area (Å²) in [6.07, 6.45) is 9.61. The van der Waals surface area contributed by atoms with Crippen LogP contribution in [0.25, 0.3) is 0 Å². The highest BCUT2D eigenvalue weighted by molar-refractivity contribution is 5.79. The van der Waals surface area contributed by atoms with E-state index in [1.54, 1.807) is 0 Å². The SMILES string of the molecule is CCCN1[C@H]2CC[C@H]1CC(C(=O)NC[C@H]1CCCc3ccccc31)C2. The Morgan fingerprint density at radius 1 is 1.16 bits per heavy atom. The van der Waals surface area contributed by atoms with Crippen molar-refractivity contribution in [1.29, 1.82) is 0 Å². The minimum Gasteiger partial charge on any atom is -0.355 e. The maximum Gasteiger partial charge on any atom is 0.223 e. The molecular formula is C22H32N2O. The van der Waals surface area contributed by atoms with E-state index in [2.05, 4.69) is 41.4 Å². The summed E-state index contributed by atoms with van der Waals surface area (Å²) in [6.45, 7) is 4.29. The van der Waals surface area contributed by atoms with Gasteiger partial charge in [0.1, 0.15) is 0 Å². The normalized spacial score (nSPS) is 31.6. The van der Waals surface area contributed by atoms with Gasteiger partial charge < -0.3 is 5.32 Å². The predicted octanol–water partition coefficient (Wildman–Crippen LogP) is 3.88. The molecule has 2 aliphatic heterocycles. The average molecular weight is 341 g/mol. The molecule has 2 saturated heterocycles. The second-order valence-electron chi connectivity index (χ2n) is 8.32. The van der Waals surface area contributed by atoms with Crippen molar-refractivity contribution in [2.24, 2.45) is 5.92 Å². The van der Waals surface area contributed by atoms with E-state index in [1.807, 2.05) is 0 Å². The molecule has 1 aliphatic carbocycles. The highest BCUT2D eigenvalue weighted by Gasteiger charge is 2.42. The maximum atomic E-state index is 12.8. The molecule has 25 heavy (non-hydrogen) atoms. The molecule has 4 rings (SSSR count). The highest BCUT2D eigenvalue weighted by Crippen LogP contribution is 2.39. The predicted molar refractivity (Wildman–Crippen MR) is 102 cm³/mol. The minimum atomic E-state index is 0.240. The molecule has 1 amide bonds. The lowest BCUT2D eigenvalue weighted by Crippen LogP contribution is -2.47. The highest BCUT2D eigenvalue weighted by atomic mass is 16.1. The smallest absolute Gasteiger partial charge is 0.223 e. The van der Waals surface area contributed by atoms with Gasteiger partial charge in [0.05, 0.1) is 0 Å². The lowest BCUT2D eigenvalue weighted by Gasteiger charge is -2.38. The van der Waals surface area contributed by atoms with Gasteiger partial charge in [-0.2, -0.15) is 0 Å². The summed E-state index contributed by atoms with van der Waals surface area (Å²) in [5, 5.41) is 3.32. The third-order valence-corrected chi connectivity index (χ3v) is 6.75. The van der Waals surface area contributed by atoms with E-state index >= 15 is 0 Å². The summed E-state index contributed by atoms with van der Waals surface area (Å²) >= 11 is 0. The second-order valence-corrected chi connectivity index (χ2v) is 8.32. The molecule has 3 nitrogen and oxygen atoms in total. The minimum absolute atomic E-state index is 0.240. The molecule has 3 atom stereocenters. The zero-order chi connectivity index (χ0) is 17.2. The third-order valence-electron chi connectivity index (χ3n) is 6.75. The van der Waals surface area contributed by atoms with Gasteiger partial charge in [0.2, 0.25) is 5.91 Å². The Morgan fingerprint density at radius 3 is 2.68 bits per heavy atom. The number of hydrogen-bond donors (Lipinski definition) is 1. The molecule has 3 aliphatic rings. The van der Waals surface area contributed by atoms with Crippen LogP contribution in [-0.2, 0) is 11.2 Å². The Morgan fingerprint density at radius 2 is 1.92 bits per heavy atom. The Kier molecular flexibility index (Phi) is 5.12. The molecule has 0 spiro atoms. The van der Waals surface area contributed by atoms with E-state index in [4.69, 9.17) is 0 Å². The van der Waals surface area contributed by atoms with E-state index in [0.717, 1.165) is 19.4 Å². The van der Waals surface area contributed by atoms with Gasteiger partial charge in [-0.05, 0) is 69.0 Å². The topological polar surface area (TPSA) is 32.3 Å². The number of benzene rings is 1.